The van der Waals surface area contributed by atoms with Crippen molar-refractivity contribution in [2.24, 2.45) is 5.41 Å². The van der Waals surface area contributed by atoms with Gasteiger partial charge in [-0.05, 0) is 55.0 Å². The van der Waals surface area contributed by atoms with E-state index in [1.54, 1.807) is 24.3 Å². The van der Waals surface area contributed by atoms with Gasteiger partial charge in [-0.1, -0.05) is 18.2 Å². The van der Waals surface area contributed by atoms with E-state index in [2.05, 4.69) is 11.1 Å². The molecule has 5 heteroatoms. The summed E-state index contributed by atoms with van der Waals surface area (Å²) >= 11 is 0. The predicted octanol–water partition coefficient (Wildman–Crippen LogP) is 2.45. The second-order valence-corrected chi connectivity index (χ2v) is 7.25. The summed E-state index contributed by atoms with van der Waals surface area (Å²) in [5.74, 6) is -0.0656. The summed E-state index contributed by atoms with van der Waals surface area (Å²) in [7, 11) is 1.80. The molecule has 5 nitrogen and oxygen atoms in total. The highest BCUT2D eigenvalue weighted by Crippen LogP contribution is 2.50. The number of aromatic nitrogens is 1. The van der Waals surface area contributed by atoms with Crippen molar-refractivity contribution < 1.29 is 9.59 Å². The fourth-order valence-corrected chi connectivity index (χ4v) is 3.76. The molecule has 0 radical (unpaired) electrons. The lowest BCUT2D eigenvalue weighted by Gasteiger charge is -2.27. The number of nitrogens with zero attached hydrogens (tertiary/aromatic N) is 3. The van der Waals surface area contributed by atoms with Crippen molar-refractivity contribution in [2.75, 3.05) is 25.0 Å². The topological polar surface area (TPSA) is 53.5 Å². The van der Waals surface area contributed by atoms with Gasteiger partial charge in [-0.3, -0.25) is 14.6 Å². The van der Waals surface area contributed by atoms with Crippen molar-refractivity contribution in [3.63, 3.8) is 0 Å². The smallest absolute Gasteiger partial charge is 0.242 e. The van der Waals surface area contributed by atoms with Gasteiger partial charge in [0, 0.05) is 38.2 Å². The number of fused-ring (bicyclic) bond motifs is 1. The van der Waals surface area contributed by atoms with Gasteiger partial charge in [0.1, 0.15) is 5.41 Å². The Morgan fingerprint density at radius 2 is 1.88 bits per heavy atom. The molecule has 0 unspecified atom stereocenters. The zero-order chi connectivity index (χ0) is 18.1. The van der Waals surface area contributed by atoms with E-state index >= 15 is 0 Å². The number of carbonyl (C=O) groups is 2. The number of carbonyl (C=O) groups excluding carboxylic acids is 2. The zero-order valence-corrected chi connectivity index (χ0v) is 15.0. The molecule has 1 aliphatic heterocycles. The monoisotopic (exact) mass is 349 g/mol. The van der Waals surface area contributed by atoms with Crippen molar-refractivity contribution >= 4 is 17.5 Å². The van der Waals surface area contributed by atoms with Crippen LogP contribution in [0, 0.1) is 5.41 Å². The summed E-state index contributed by atoms with van der Waals surface area (Å²) in [6, 6.07) is 11.9. The summed E-state index contributed by atoms with van der Waals surface area (Å²) in [6.45, 7) is 1.28. The third-order valence-corrected chi connectivity index (χ3v) is 5.53. The number of amides is 2. The molecule has 2 aromatic rings. The number of rotatable bonds is 5. The van der Waals surface area contributed by atoms with E-state index in [9.17, 15) is 9.59 Å². The van der Waals surface area contributed by atoms with E-state index in [4.69, 9.17) is 0 Å². The van der Waals surface area contributed by atoms with Gasteiger partial charge < -0.3 is 9.80 Å². The predicted molar refractivity (Wildman–Crippen MR) is 99.7 cm³/mol. The molecule has 0 N–H and O–H groups in total. The number of para-hydroxylation sites is 1. The van der Waals surface area contributed by atoms with Crippen LogP contribution in [0.25, 0.3) is 0 Å². The molecule has 0 saturated heterocycles. The summed E-state index contributed by atoms with van der Waals surface area (Å²) in [5.41, 5.74) is 2.46. The molecule has 134 valence electrons. The Bertz CT molecular complexity index is 830. The summed E-state index contributed by atoms with van der Waals surface area (Å²) in [5, 5.41) is 0. The maximum Gasteiger partial charge on any atom is 0.242 e. The van der Waals surface area contributed by atoms with Gasteiger partial charge in [-0.25, -0.2) is 0 Å². The minimum atomic E-state index is -0.843. The molecular formula is C21H23N3O2. The van der Waals surface area contributed by atoms with Crippen molar-refractivity contribution in [2.45, 2.75) is 25.7 Å². The Hall–Kier alpha value is -2.69. The van der Waals surface area contributed by atoms with Crippen molar-refractivity contribution in [1.82, 2.24) is 9.88 Å². The first-order chi connectivity index (χ1) is 12.6. The van der Waals surface area contributed by atoms with Crippen LogP contribution in [0.15, 0.2) is 48.8 Å². The second-order valence-electron chi connectivity index (χ2n) is 7.25. The lowest BCUT2D eigenvalue weighted by Crippen LogP contribution is -2.46. The van der Waals surface area contributed by atoms with Gasteiger partial charge in [-0.15, -0.1) is 0 Å². The van der Waals surface area contributed by atoms with Crippen molar-refractivity contribution in [3.05, 3.63) is 59.9 Å². The number of likely N-dealkylation sites (N-methyl/N-ethyl adjacent to an activating group) is 1. The first kappa shape index (κ1) is 16.8. The SMILES string of the molecule is CN(CCc1ccncc1)C(=O)C1(C(=O)N2CCc3ccccc32)CC1. The zero-order valence-electron chi connectivity index (χ0n) is 15.0. The quantitative estimate of drug-likeness (QED) is 0.779. The minimum absolute atomic E-state index is 0.0248. The molecule has 2 heterocycles. The molecule has 2 amide bonds. The normalized spacial score (nSPS) is 16.9. The third kappa shape index (κ3) is 2.87. The van der Waals surface area contributed by atoms with Crippen LogP contribution in [0.1, 0.15) is 24.0 Å². The van der Waals surface area contributed by atoms with Gasteiger partial charge in [0.2, 0.25) is 11.8 Å². The number of benzene rings is 1. The average molecular weight is 349 g/mol. The van der Waals surface area contributed by atoms with Crippen molar-refractivity contribution in [3.8, 4) is 0 Å². The molecule has 0 atom stereocenters. The van der Waals surface area contributed by atoms with E-state index in [-0.39, 0.29) is 11.8 Å². The van der Waals surface area contributed by atoms with Crippen LogP contribution >= 0.6 is 0 Å². The van der Waals surface area contributed by atoms with Gasteiger partial charge in [0.05, 0.1) is 0 Å². The van der Waals surface area contributed by atoms with E-state index in [0.29, 0.717) is 25.9 Å². The fourth-order valence-electron chi connectivity index (χ4n) is 3.76. The highest BCUT2D eigenvalue weighted by Gasteiger charge is 2.59. The third-order valence-electron chi connectivity index (χ3n) is 5.53. The second kappa shape index (κ2) is 6.56. The van der Waals surface area contributed by atoms with Crippen LogP contribution in [0.4, 0.5) is 5.69 Å². The summed E-state index contributed by atoms with van der Waals surface area (Å²) in [6.07, 6.45) is 6.46. The van der Waals surface area contributed by atoms with E-state index in [0.717, 1.165) is 24.1 Å². The number of pyridine rings is 1. The van der Waals surface area contributed by atoms with Gasteiger partial charge in [-0.2, -0.15) is 0 Å². The molecule has 0 bridgehead atoms. The first-order valence-corrected chi connectivity index (χ1v) is 9.16. The Balaban J connectivity index is 1.45. The van der Waals surface area contributed by atoms with Crippen LogP contribution in [0.2, 0.25) is 0 Å². The molecule has 1 aliphatic carbocycles. The highest BCUT2D eigenvalue weighted by molar-refractivity contribution is 6.14. The number of anilines is 1. The molecule has 1 aromatic heterocycles. The van der Waals surface area contributed by atoms with Gasteiger partial charge in [0.15, 0.2) is 0 Å². The molecule has 26 heavy (non-hydrogen) atoms. The average Bonchev–Trinajstić information content (AvgIpc) is 3.39. The van der Waals surface area contributed by atoms with E-state index < -0.39 is 5.41 Å². The minimum Gasteiger partial charge on any atom is -0.344 e. The molecule has 2 aliphatic rings. The van der Waals surface area contributed by atoms with Crippen LogP contribution in [-0.2, 0) is 22.4 Å². The van der Waals surface area contributed by atoms with E-state index in [1.165, 1.54) is 5.56 Å². The Labute approximate surface area is 153 Å². The largest absolute Gasteiger partial charge is 0.344 e. The van der Waals surface area contributed by atoms with Crippen molar-refractivity contribution in [1.29, 1.82) is 0 Å². The lowest BCUT2D eigenvalue weighted by molar-refractivity contribution is -0.142. The number of hydrogen-bond acceptors (Lipinski definition) is 3. The van der Waals surface area contributed by atoms with Gasteiger partial charge in [0.25, 0.3) is 0 Å². The lowest BCUT2D eigenvalue weighted by atomic mass is 10.0. The van der Waals surface area contributed by atoms with Crippen LogP contribution in [0.5, 0.6) is 0 Å². The standard InChI is InChI=1S/C21H23N3O2/c1-23(14-8-16-6-12-22-13-7-16)19(25)21(10-11-21)20(26)24-15-9-17-4-2-3-5-18(17)24/h2-7,12-13H,8-11,14-15H2,1H3. The molecule has 4 rings (SSSR count). The number of hydrogen-bond donors (Lipinski definition) is 0. The maximum absolute atomic E-state index is 13.2. The molecule has 1 fully saturated rings. The molecular weight excluding hydrogens is 326 g/mol. The Kier molecular flexibility index (Phi) is 4.23. The molecule has 1 saturated carbocycles. The molecule has 0 spiro atoms. The fraction of sp³-hybridized carbons (Fsp3) is 0.381. The first-order valence-electron chi connectivity index (χ1n) is 9.16. The Morgan fingerprint density at radius 1 is 1.15 bits per heavy atom. The van der Waals surface area contributed by atoms with E-state index in [1.807, 2.05) is 35.2 Å². The molecule has 1 aromatic carbocycles. The van der Waals surface area contributed by atoms with Crippen LogP contribution in [0.3, 0.4) is 0 Å². The summed E-state index contributed by atoms with van der Waals surface area (Å²) < 4.78 is 0. The van der Waals surface area contributed by atoms with Gasteiger partial charge >= 0.3 is 0 Å². The van der Waals surface area contributed by atoms with Crippen LogP contribution < -0.4 is 4.90 Å². The maximum atomic E-state index is 13.2. The summed E-state index contributed by atoms with van der Waals surface area (Å²) in [4.78, 5) is 33.8. The highest BCUT2D eigenvalue weighted by atomic mass is 16.2. The van der Waals surface area contributed by atoms with Crippen LogP contribution in [-0.4, -0.2) is 41.8 Å². The Morgan fingerprint density at radius 3 is 2.62 bits per heavy atom.